The number of ether oxygens (including phenoxy) is 1. The third-order valence-electron chi connectivity index (χ3n) is 5.34. The Kier molecular flexibility index (Phi) is 4.56. The normalized spacial score (nSPS) is 14.2. The van der Waals surface area contributed by atoms with Crippen molar-refractivity contribution in [1.82, 2.24) is 9.97 Å². The van der Waals surface area contributed by atoms with Crippen molar-refractivity contribution in [3.05, 3.63) is 78.1 Å². The van der Waals surface area contributed by atoms with E-state index in [9.17, 15) is 8.42 Å². The van der Waals surface area contributed by atoms with E-state index in [4.69, 9.17) is 9.88 Å². The van der Waals surface area contributed by atoms with Crippen LogP contribution in [0.15, 0.2) is 71.6 Å². The molecule has 1 fully saturated rings. The van der Waals surface area contributed by atoms with E-state index >= 15 is 0 Å². The lowest BCUT2D eigenvalue weighted by molar-refractivity contribution is 0.297. The number of nitrogens with two attached hydrogens (primary N) is 1. The van der Waals surface area contributed by atoms with Gasteiger partial charge in [-0.2, -0.15) is 0 Å². The van der Waals surface area contributed by atoms with Crippen LogP contribution < -0.4 is 9.88 Å². The lowest BCUT2D eigenvalue weighted by atomic mass is 10.1. The number of nitrogens with one attached hydrogen (secondary N) is 1. The largest absolute Gasteiger partial charge is 0.486 e. The van der Waals surface area contributed by atoms with Gasteiger partial charge in [0.15, 0.2) is 0 Å². The fourth-order valence-corrected chi connectivity index (χ4v) is 4.41. The number of hydrogen-bond acceptors (Lipinski definition) is 4. The Balaban J connectivity index is 1.38. The first-order valence-electron chi connectivity index (χ1n) is 9.81. The number of fused-ring (bicyclic) bond motifs is 1. The lowest BCUT2D eigenvalue weighted by Gasteiger charge is -2.07. The van der Waals surface area contributed by atoms with E-state index in [1.54, 1.807) is 18.2 Å². The highest BCUT2D eigenvalue weighted by atomic mass is 32.2. The van der Waals surface area contributed by atoms with E-state index in [-0.39, 0.29) is 4.90 Å². The number of H-pyrrole nitrogens is 1. The standard InChI is InChI=1S/C23H21N3O3S/c24-30(27,28)22-4-2-1-3-19(22)17-9-12-20-21(13-17)26-23(25-20)14-29-18-10-7-16(8-11-18)15-5-6-15/h1-4,7-13,15H,5-6,14H2,(H,25,26)(H2,24,27,28). The van der Waals surface area contributed by atoms with Crippen molar-refractivity contribution in [3.63, 3.8) is 0 Å². The highest BCUT2D eigenvalue weighted by Gasteiger charge is 2.23. The quantitative estimate of drug-likeness (QED) is 0.486. The number of aromatic amines is 1. The summed E-state index contributed by atoms with van der Waals surface area (Å²) >= 11 is 0. The van der Waals surface area contributed by atoms with Crippen LogP contribution in [0.4, 0.5) is 0 Å². The number of rotatable bonds is 6. The molecule has 1 aliphatic rings. The number of sulfonamides is 1. The van der Waals surface area contributed by atoms with Crippen LogP contribution in [0, 0.1) is 0 Å². The fourth-order valence-electron chi connectivity index (χ4n) is 3.65. The molecule has 3 N–H and O–H groups in total. The summed E-state index contributed by atoms with van der Waals surface area (Å²) in [5.74, 6) is 2.23. The molecule has 7 heteroatoms. The summed E-state index contributed by atoms with van der Waals surface area (Å²) in [7, 11) is -3.82. The number of primary sulfonamides is 1. The molecular formula is C23H21N3O3S. The summed E-state index contributed by atoms with van der Waals surface area (Å²) in [6.07, 6.45) is 2.56. The molecule has 152 valence electrons. The highest BCUT2D eigenvalue weighted by Crippen LogP contribution is 2.40. The van der Waals surface area contributed by atoms with Crippen molar-refractivity contribution >= 4 is 21.1 Å². The molecule has 0 atom stereocenters. The zero-order valence-corrected chi connectivity index (χ0v) is 17.0. The highest BCUT2D eigenvalue weighted by molar-refractivity contribution is 7.89. The molecule has 0 radical (unpaired) electrons. The van der Waals surface area contributed by atoms with E-state index in [2.05, 4.69) is 22.1 Å². The summed E-state index contributed by atoms with van der Waals surface area (Å²) in [5, 5.41) is 5.37. The Hall–Kier alpha value is -3.16. The molecule has 3 aromatic carbocycles. The van der Waals surface area contributed by atoms with E-state index in [0.29, 0.717) is 18.0 Å². The van der Waals surface area contributed by atoms with E-state index in [1.165, 1.54) is 24.5 Å². The molecule has 0 bridgehead atoms. The van der Waals surface area contributed by atoms with Crippen molar-refractivity contribution in [3.8, 4) is 16.9 Å². The molecule has 1 saturated carbocycles. The first kappa shape index (κ1) is 18.8. The summed E-state index contributed by atoms with van der Waals surface area (Å²) in [6.45, 7) is 0.320. The predicted octanol–water partition coefficient (Wildman–Crippen LogP) is 4.33. The van der Waals surface area contributed by atoms with Crippen LogP contribution in [0.5, 0.6) is 5.75 Å². The van der Waals surface area contributed by atoms with Crippen molar-refractivity contribution in [2.75, 3.05) is 0 Å². The second-order valence-corrected chi connectivity index (χ2v) is 9.12. The van der Waals surface area contributed by atoms with Crippen LogP contribution in [0.1, 0.15) is 30.1 Å². The molecule has 6 nitrogen and oxygen atoms in total. The first-order chi connectivity index (χ1) is 14.5. The van der Waals surface area contributed by atoms with Gasteiger partial charge in [0.1, 0.15) is 18.2 Å². The molecule has 4 aromatic rings. The van der Waals surface area contributed by atoms with Gasteiger partial charge in [-0.15, -0.1) is 0 Å². The van der Waals surface area contributed by atoms with E-state index in [0.717, 1.165) is 28.3 Å². The molecule has 1 aromatic heterocycles. The monoisotopic (exact) mass is 419 g/mol. The van der Waals surface area contributed by atoms with Crippen LogP contribution >= 0.6 is 0 Å². The Morgan fingerprint density at radius 1 is 1.03 bits per heavy atom. The van der Waals surface area contributed by atoms with Gasteiger partial charge in [0, 0.05) is 5.56 Å². The van der Waals surface area contributed by atoms with Crippen molar-refractivity contribution in [1.29, 1.82) is 0 Å². The summed E-state index contributed by atoms with van der Waals surface area (Å²) in [6, 6.07) is 20.5. The van der Waals surface area contributed by atoms with Crippen LogP contribution in [-0.4, -0.2) is 18.4 Å². The molecule has 0 unspecified atom stereocenters. The number of aromatic nitrogens is 2. The number of imidazole rings is 1. The van der Waals surface area contributed by atoms with Crippen molar-refractivity contribution in [2.24, 2.45) is 5.14 Å². The molecule has 1 heterocycles. The zero-order chi connectivity index (χ0) is 20.7. The second-order valence-electron chi connectivity index (χ2n) is 7.59. The van der Waals surface area contributed by atoms with Gasteiger partial charge in [-0.3, -0.25) is 0 Å². The van der Waals surface area contributed by atoms with E-state index in [1.807, 2.05) is 30.3 Å². The van der Waals surface area contributed by atoms with Crippen LogP contribution in [-0.2, 0) is 16.6 Å². The number of hydrogen-bond donors (Lipinski definition) is 2. The fraction of sp³-hybridized carbons (Fsp3) is 0.174. The van der Waals surface area contributed by atoms with Gasteiger partial charge in [0.25, 0.3) is 0 Å². The number of nitrogens with zero attached hydrogens (tertiary/aromatic N) is 1. The SMILES string of the molecule is NS(=O)(=O)c1ccccc1-c1ccc2[nH]c(COc3ccc(C4CC4)cc3)nc2c1. The minimum absolute atomic E-state index is 0.0955. The zero-order valence-electron chi connectivity index (χ0n) is 16.2. The Morgan fingerprint density at radius 3 is 2.53 bits per heavy atom. The second kappa shape index (κ2) is 7.27. The van der Waals surface area contributed by atoms with Gasteiger partial charge >= 0.3 is 0 Å². The third-order valence-corrected chi connectivity index (χ3v) is 6.31. The van der Waals surface area contributed by atoms with Gasteiger partial charge < -0.3 is 9.72 Å². The molecule has 0 amide bonds. The predicted molar refractivity (Wildman–Crippen MR) is 116 cm³/mol. The Labute approximate surface area is 174 Å². The molecule has 1 aliphatic carbocycles. The summed E-state index contributed by atoms with van der Waals surface area (Å²) < 4.78 is 29.7. The summed E-state index contributed by atoms with van der Waals surface area (Å²) in [5.41, 5.74) is 4.26. The molecule has 30 heavy (non-hydrogen) atoms. The molecular weight excluding hydrogens is 398 g/mol. The Bertz CT molecular complexity index is 1320. The van der Waals surface area contributed by atoms with E-state index < -0.39 is 10.0 Å². The number of benzene rings is 3. The molecule has 0 spiro atoms. The minimum Gasteiger partial charge on any atom is -0.486 e. The average molecular weight is 420 g/mol. The topological polar surface area (TPSA) is 98.1 Å². The maximum absolute atomic E-state index is 11.9. The minimum atomic E-state index is -3.82. The van der Waals surface area contributed by atoms with Crippen LogP contribution in [0.3, 0.4) is 0 Å². The molecule has 0 saturated heterocycles. The van der Waals surface area contributed by atoms with Crippen LogP contribution in [0.25, 0.3) is 22.2 Å². The summed E-state index contributed by atoms with van der Waals surface area (Å²) in [4.78, 5) is 7.95. The van der Waals surface area contributed by atoms with Gasteiger partial charge in [0.05, 0.1) is 15.9 Å². The smallest absolute Gasteiger partial charge is 0.238 e. The molecule has 0 aliphatic heterocycles. The maximum Gasteiger partial charge on any atom is 0.238 e. The lowest BCUT2D eigenvalue weighted by Crippen LogP contribution is -2.13. The van der Waals surface area contributed by atoms with Crippen LogP contribution in [0.2, 0.25) is 0 Å². The van der Waals surface area contributed by atoms with Gasteiger partial charge in [-0.05, 0) is 60.2 Å². The third kappa shape index (κ3) is 3.81. The van der Waals surface area contributed by atoms with Crippen molar-refractivity contribution < 1.29 is 13.2 Å². The van der Waals surface area contributed by atoms with Gasteiger partial charge in [-0.1, -0.05) is 36.4 Å². The van der Waals surface area contributed by atoms with Gasteiger partial charge in [-0.25, -0.2) is 18.5 Å². The first-order valence-corrected chi connectivity index (χ1v) is 11.4. The van der Waals surface area contributed by atoms with Crippen molar-refractivity contribution in [2.45, 2.75) is 30.3 Å². The molecule has 5 rings (SSSR count). The Morgan fingerprint density at radius 2 is 1.80 bits per heavy atom. The average Bonchev–Trinajstić information content (AvgIpc) is 3.51. The maximum atomic E-state index is 11.9. The van der Waals surface area contributed by atoms with Gasteiger partial charge in [0.2, 0.25) is 10.0 Å².